The second kappa shape index (κ2) is 3.20. The largest absolute Gasteiger partial charge is 0.359 e. The van der Waals surface area contributed by atoms with Crippen molar-refractivity contribution >= 4 is 52.2 Å². The molecule has 4 fully saturated rings. The molecule has 19 heavy (non-hydrogen) atoms. The van der Waals surface area contributed by atoms with Crippen LogP contribution in [-0.4, -0.2) is 17.5 Å². The lowest BCUT2D eigenvalue weighted by molar-refractivity contribution is -0.112. The smallest absolute Gasteiger partial charge is 0.218 e. The van der Waals surface area contributed by atoms with Crippen LogP contribution in [0.1, 0.15) is 6.42 Å². The highest BCUT2D eigenvalue weighted by Gasteiger charge is 2.84. The molecular weight excluding hydrogens is 330 g/mol. The van der Waals surface area contributed by atoms with E-state index in [-0.39, 0.29) is 32.2 Å². The van der Waals surface area contributed by atoms with Crippen LogP contribution in [-0.2, 0) is 9.53 Å². The van der Waals surface area contributed by atoms with Crippen LogP contribution >= 0.6 is 46.4 Å². The maximum atomic E-state index is 11.9. The summed E-state index contributed by atoms with van der Waals surface area (Å²) in [5, 5.41) is 0.368. The van der Waals surface area contributed by atoms with Crippen molar-refractivity contribution in [2.75, 3.05) is 0 Å². The number of ketones is 1. The van der Waals surface area contributed by atoms with Gasteiger partial charge in [0.05, 0.1) is 16.2 Å². The van der Waals surface area contributed by atoms with Gasteiger partial charge in [-0.15, -0.1) is 0 Å². The summed E-state index contributed by atoms with van der Waals surface area (Å²) in [7, 11) is 0. The lowest BCUT2D eigenvalue weighted by atomic mass is 9.68. The van der Waals surface area contributed by atoms with Gasteiger partial charge in [0.15, 0.2) is 0 Å². The van der Waals surface area contributed by atoms with Crippen LogP contribution < -0.4 is 0 Å². The molecule has 1 heterocycles. The summed E-state index contributed by atoms with van der Waals surface area (Å²) < 4.78 is 6.21. The molecule has 100 valence electrons. The van der Waals surface area contributed by atoms with Gasteiger partial charge in [0.25, 0.3) is 0 Å². The summed E-state index contributed by atoms with van der Waals surface area (Å²) in [6.07, 6.45) is 1.27. The summed E-state index contributed by atoms with van der Waals surface area (Å²) in [6, 6.07) is 0. The summed E-state index contributed by atoms with van der Waals surface area (Å²) in [6.45, 7) is 0. The molecule has 6 atom stereocenters. The number of carbonyl (C=O) groups excluding carboxylic acids is 1. The highest BCUT2D eigenvalue weighted by atomic mass is 35.5. The van der Waals surface area contributed by atoms with E-state index in [0.717, 1.165) is 18.3 Å². The molecule has 0 aromatic carbocycles. The fourth-order valence-corrected chi connectivity index (χ4v) is 6.36. The average molecular weight is 338 g/mol. The third-order valence-electron chi connectivity index (χ3n) is 5.77. The molecule has 1 spiro atoms. The Kier molecular flexibility index (Phi) is 2.00. The summed E-state index contributed by atoms with van der Waals surface area (Å²) in [5.74, 6) is 2.42. The second-order valence-corrected chi connectivity index (χ2v) is 7.65. The van der Waals surface area contributed by atoms with Crippen LogP contribution in [0.5, 0.6) is 0 Å². The Morgan fingerprint density at radius 1 is 1.00 bits per heavy atom. The van der Waals surface area contributed by atoms with Gasteiger partial charge in [-0.05, 0) is 30.1 Å². The van der Waals surface area contributed by atoms with Crippen molar-refractivity contribution in [3.8, 4) is 0 Å². The Labute approximate surface area is 129 Å². The van der Waals surface area contributed by atoms with Crippen LogP contribution in [0.3, 0.4) is 0 Å². The van der Waals surface area contributed by atoms with Crippen molar-refractivity contribution in [1.29, 1.82) is 0 Å². The van der Waals surface area contributed by atoms with Crippen LogP contribution in [0, 0.1) is 29.6 Å². The Bertz CT molecular complexity index is 583. The van der Waals surface area contributed by atoms with Crippen molar-refractivity contribution in [2.45, 2.75) is 18.1 Å². The van der Waals surface area contributed by atoms with Crippen molar-refractivity contribution in [3.63, 3.8) is 0 Å². The van der Waals surface area contributed by atoms with E-state index in [0.29, 0.717) is 11.8 Å². The molecule has 6 heteroatoms. The zero-order chi connectivity index (χ0) is 13.3. The molecule has 3 saturated carbocycles. The first-order chi connectivity index (χ1) is 9.00. The molecule has 6 unspecified atom stereocenters. The quantitative estimate of drug-likeness (QED) is 0.675. The molecule has 0 aromatic heterocycles. The zero-order valence-corrected chi connectivity index (χ0v) is 12.5. The molecule has 4 aliphatic carbocycles. The molecule has 0 aromatic rings. The van der Waals surface area contributed by atoms with Crippen molar-refractivity contribution in [3.05, 3.63) is 20.1 Å². The molecular formula is C13H8Cl4O2. The van der Waals surface area contributed by atoms with Crippen molar-refractivity contribution in [1.82, 2.24) is 0 Å². The van der Waals surface area contributed by atoms with Gasteiger partial charge in [-0.2, -0.15) is 0 Å². The van der Waals surface area contributed by atoms with E-state index in [9.17, 15) is 4.79 Å². The number of Topliss-reactive ketones (excluding diaryl/α,β-unsaturated/α-hetero) is 1. The van der Waals surface area contributed by atoms with Crippen LogP contribution in [0.15, 0.2) is 20.1 Å². The standard InChI is InChI=1S/C13H8Cl4O2/c14-7-9(18)8(15)12(17)13(11(7)16)3-1-2-4-5(2)10(19-13)6(3)4/h2-6,10H,1H2. The average Bonchev–Trinajstić information content (AvgIpc) is 2.81. The van der Waals surface area contributed by atoms with E-state index in [1.54, 1.807) is 0 Å². The number of rotatable bonds is 0. The van der Waals surface area contributed by atoms with E-state index in [1.807, 2.05) is 0 Å². The number of halogens is 4. The highest BCUT2D eigenvalue weighted by Crippen LogP contribution is 2.82. The Morgan fingerprint density at radius 2 is 1.63 bits per heavy atom. The summed E-state index contributed by atoms with van der Waals surface area (Å²) >= 11 is 24.8. The minimum absolute atomic E-state index is 0.0455. The summed E-state index contributed by atoms with van der Waals surface area (Å²) in [4.78, 5) is 11.9. The lowest BCUT2D eigenvalue weighted by Crippen LogP contribution is -2.41. The van der Waals surface area contributed by atoms with Gasteiger partial charge in [-0.25, -0.2) is 0 Å². The Balaban J connectivity index is 1.74. The number of carbonyl (C=O) groups is 1. The van der Waals surface area contributed by atoms with Gasteiger partial charge in [-0.3, -0.25) is 4.79 Å². The van der Waals surface area contributed by atoms with E-state index in [2.05, 4.69) is 0 Å². The maximum Gasteiger partial charge on any atom is 0.218 e. The van der Waals surface area contributed by atoms with Crippen molar-refractivity contribution < 1.29 is 9.53 Å². The monoisotopic (exact) mass is 336 g/mol. The molecule has 0 bridgehead atoms. The molecule has 0 amide bonds. The Hall–Kier alpha value is 0.270. The van der Waals surface area contributed by atoms with E-state index >= 15 is 0 Å². The topological polar surface area (TPSA) is 26.3 Å². The van der Waals surface area contributed by atoms with Gasteiger partial charge in [0, 0.05) is 5.92 Å². The zero-order valence-electron chi connectivity index (χ0n) is 9.50. The third kappa shape index (κ3) is 1.01. The number of hydrogen-bond acceptors (Lipinski definition) is 2. The van der Waals surface area contributed by atoms with Crippen molar-refractivity contribution in [2.24, 2.45) is 29.6 Å². The molecule has 5 aliphatic rings. The van der Waals surface area contributed by atoms with E-state index < -0.39 is 11.4 Å². The minimum atomic E-state index is -0.946. The first-order valence-electron chi connectivity index (χ1n) is 6.34. The lowest BCUT2D eigenvalue weighted by Gasteiger charge is -2.36. The van der Waals surface area contributed by atoms with Gasteiger partial charge >= 0.3 is 0 Å². The van der Waals surface area contributed by atoms with Gasteiger partial charge in [0.1, 0.15) is 15.7 Å². The van der Waals surface area contributed by atoms with Gasteiger partial charge in [-0.1, -0.05) is 46.4 Å². The van der Waals surface area contributed by atoms with Gasteiger partial charge in [0.2, 0.25) is 5.78 Å². The molecule has 0 N–H and O–H groups in total. The number of hydrogen-bond donors (Lipinski definition) is 0. The fourth-order valence-electron chi connectivity index (χ4n) is 5.07. The second-order valence-electron chi connectivity index (χ2n) is 6.14. The predicted molar refractivity (Wildman–Crippen MR) is 72.1 cm³/mol. The highest BCUT2D eigenvalue weighted by molar-refractivity contribution is 6.61. The summed E-state index contributed by atoms with van der Waals surface area (Å²) in [5.41, 5.74) is -0.946. The fraction of sp³-hybridized carbons (Fsp3) is 0.615. The number of allylic oxidation sites excluding steroid dienone is 2. The maximum absolute atomic E-state index is 11.9. The molecule has 1 aliphatic heterocycles. The molecule has 0 radical (unpaired) electrons. The third-order valence-corrected chi connectivity index (χ3v) is 7.62. The SMILES string of the molecule is O=C1C(Cl)=C(Cl)C2(OC3C4C5CC2C3C54)C(Cl)=C1Cl. The van der Waals surface area contributed by atoms with Crippen LogP contribution in [0.25, 0.3) is 0 Å². The first-order valence-corrected chi connectivity index (χ1v) is 7.85. The molecule has 2 nitrogen and oxygen atoms in total. The predicted octanol–water partition coefficient (Wildman–Crippen LogP) is 3.60. The minimum Gasteiger partial charge on any atom is -0.359 e. The normalized spacial score (nSPS) is 51.9. The number of fused-ring (bicyclic) bond motifs is 3. The molecule has 1 saturated heterocycles. The Morgan fingerprint density at radius 3 is 2.16 bits per heavy atom. The van der Waals surface area contributed by atoms with E-state index in [1.165, 1.54) is 0 Å². The molecule has 5 rings (SSSR count). The van der Waals surface area contributed by atoms with Gasteiger partial charge < -0.3 is 4.74 Å². The first kappa shape index (κ1) is 11.9. The van der Waals surface area contributed by atoms with E-state index in [4.69, 9.17) is 51.1 Å². The van der Waals surface area contributed by atoms with Crippen LogP contribution in [0.4, 0.5) is 0 Å². The van der Waals surface area contributed by atoms with Crippen LogP contribution in [0.2, 0.25) is 0 Å². The number of ether oxygens (including phenoxy) is 1.